The summed E-state index contributed by atoms with van der Waals surface area (Å²) in [6, 6.07) is 10.7. The molecular weight excluding hydrogens is 236 g/mol. The predicted octanol–water partition coefficient (Wildman–Crippen LogP) is 4.05. The molecule has 1 unspecified atom stereocenters. The van der Waals surface area contributed by atoms with Crippen molar-refractivity contribution in [2.24, 2.45) is 0 Å². The molecule has 0 aromatic heterocycles. The summed E-state index contributed by atoms with van der Waals surface area (Å²) >= 11 is 3.47. The topological polar surface area (TPSA) is 0 Å². The molecule has 0 radical (unpaired) electrons. The van der Waals surface area contributed by atoms with E-state index >= 15 is 0 Å². The molecule has 1 atom stereocenters. The van der Waals surface area contributed by atoms with Crippen LogP contribution in [0.3, 0.4) is 0 Å². The zero-order valence-corrected chi connectivity index (χ0v) is 9.57. The molecule has 0 bridgehead atoms. The average Bonchev–Trinajstić information content (AvgIpc) is 2.30. The van der Waals surface area contributed by atoms with Crippen molar-refractivity contribution in [1.29, 1.82) is 0 Å². The normalized spacial score (nSPS) is 20.6. The molecule has 0 nitrogen and oxygen atoms in total. The van der Waals surface area contributed by atoms with E-state index in [1.807, 2.05) is 0 Å². The van der Waals surface area contributed by atoms with Crippen LogP contribution in [0, 0.1) is 0 Å². The van der Waals surface area contributed by atoms with E-state index in [-0.39, 0.29) is 0 Å². The molecule has 0 N–H and O–H groups in total. The number of alkyl halides is 1. The molecule has 0 saturated heterocycles. The minimum atomic E-state index is 0.569. The Morgan fingerprint density at radius 2 is 2.00 bits per heavy atom. The SMILES string of the molecule is BrCC1=CCC(c2ccccc2)C=C1. The van der Waals surface area contributed by atoms with E-state index in [0.717, 1.165) is 11.8 Å². The second-order valence-corrected chi connectivity index (χ2v) is 4.09. The summed E-state index contributed by atoms with van der Waals surface area (Å²) in [5.41, 5.74) is 2.80. The minimum absolute atomic E-state index is 0.569. The van der Waals surface area contributed by atoms with Gasteiger partial charge in [0.05, 0.1) is 0 Å². The van der Waals surface area contributed by atoms with Gasteiger partial charge in [-0.05, 0) is 17.6 Å². The fourth-order valence-electron chi connectivity index (χ4n) is 1.71. The van der Waals surface area contributed by atoms with Crippen LogP contribution in [0.15, 0.2) is 54.1 Å². The maximum atomic E-state index is 3.47. The standard InChI is InChI=1S/C13H13Br/c14-10-11-6-8-13(9-7-11)12-4-2-1-3-5-12/h1-8,13H,9-10H2. The van der Waals surface area contributed by atoms with E-state index in [0.29, 0.717) is 5.92 Å². The Hall–Kier alpha value is -0.820. The largest absolute Gasteiger partial charge is 0.0876 e. The molecule has 0 spiro atoms. The highest BCUT2D eigenvalue weighted by atomic mass is 79.9. The summed E-state index contributed by atoms with van der Waals surface area (Å²) in [6.45, 7) is 0. The third-order valence-corrected chi connectivity index (χ3v) is 3.21. The molecule has 1 aromatic rings. The lowest BCUT2D eigenvalue weighted by atomic mass is 9.91. The van der Waals surface area contributed by atoms with E-state index in [2.05, 4.69) is 64.5 Å². The zero-order chi connectivity index (χ0) is 9.80. The molecular formula is C13H13Br. The van der Waals surface area contributed by atoms with Gasteiger partial charge in [0.25, 0.3) is 0 Å². The molecule has 0 aliphatic heterocycles. The first kappa shape index (κ1) is 9.72. The van der Waals surface area contributed by atoms with Gasteiger partial charge < -0.3 is 0 Å². The van der Waals surface area contributed by atoms with Crippen molar-refractivity contribution in [3.8, 4) is 0 Å². The Bertz CT molecular complexity index is 349. The van der Waals surface area contributed by atoms with Gasteiger partial charge in [-0.25, -0.2) is 0 Å². The van der Waals surface area contributed by atoms with E-state index in [9.17, 15) is 0 Å². The summed E-state index contributed by atoms with van der Waals surface area (Å²) in [5.74, 6) is 0.569. The fourth-order valence-corrected chi connectivity index (χ4v) is 2.13. The van der Waals surface area contributed by atoms with Crippen molar-refractivity contribution in [3.05, 3.63) is 59.7 Å². The van der Waals surface area contributed by atoms with Crippen LogP contribution in [0.1, 0.15) is 17.9 Å². The van der Waals surface area contributed by atoms with Crippen molar-refractivity contribution in [2.45, 2.75) is 12.3 Å². The molecule has 2 rings (SSSR count). The fraction of sp³-hybridized carbons (Fsp3) is 0.231. The first-order valence-electron chi connectivity index (χ1n) is 4.88. The van der Waals surface area contributed by atoms with Gasteiger partial charge in [-0.1, -0.05) is 64.5 Å². The highest BCUT2D eigenvalue weighted by molar-refractivity contribution is 9.09. The number of hydrogen-bond acceptors (Lipinski definition) is 0. The Balaban J connectivity index is 2.11. The number of allylic oxidation sites excluding steroid dienone is 4. The number of halogens is 1. The molecule has 1 aliphatic carbocycles. The lowest BCUT2D eigenvalue weighted by Gasteiger charge is -2.15. The van der Waals surface area contributed by atoms with Crippen LogP contribution in [-0.4, -0.2) is 5.33 Å². The summed E-state index contributed by atoms with van der Waals surface area (Å²) in [7, 11) is 0. The van der Waals surface area contributed by atoms with Crippen molar-refractivity contribution in [2.75, 3.05) is 5.33 Å². The van der Waals surface area contributed by atoms with Gasteiger partial charge in [0.2, 0.25) is 0 Å². The predicted molar refractivity (Wildman–Crippen MR) is 64.8 cm³/mol. The maximum Gasteiger partial charge on any atom is 0.0279 e. The van der Waals surface area contributed by atoms with Gasteiger partial charge in [-0.3, -0.25) is 0 Å². The average molecular weight is 249 g/mol. The molecule has 1 aromatic carbocycles. The van der Waals surface area contributed by atoms with Crippen LogP contribution in [0.4, 0.5) is 0 Å². The van der Waals surface area contributed by atoms with E-state index in [4.69, 9.17) is 0 Å². The Labute approximate surface area is 93.5 Å². The molecule has 0 saturated carbocycles. The van der Waals surface area contributed by atoms with Crippen molar-refractivity contribution < 1.29 is 0 Å². The summed E-state index contributed by atoms with van der Waals surface area (Å²) < 4.78 is 0. The second-order valence-electron chi connectivity index (χ2n) is 3.52. The Kier molecular flexibility index (Phi) is 3.20. The highest BCUT2D eigenvalue weighted by Gasteiger charge is 2.09. The molecule has 0 amide bonds. The number of benzene rings is 1. The van der Waals surface area contributed by atoms with E-state index in [1.165, 1.54) is 11.1 Å². The first-order chi connectivity index (χ1) is 6.90. The molecule has 0 fully saturated rings. The molecule has 1 aliphatic rings. The van der Waals surface area contributed by atoms with Crippen LogP contribution >= 0.6 is 15.9 Å². The van der Waals surface area contributed by atoms with Crippen LogP contribution < -0.4 is 0 Å². The number of rotatable bonds is 2. The van der Waals surface area contributed by atoms with Crippen LogP contribution in [0.2, 0.25) is 0 Å². The quantitative estimate of drug-likeness (QED) is 0.693. The lowest BCUT2D eigenvalue weighted by Crippen LogP contribution is -1.98. The maximum absolute atomic E-state index is 3.47. The van der Waals surface area contributed by atoms with Crippen LogP contribution in [0.25, 0.3) is 0 Å². The Morgan fingerprint density at radius 3 is 2.57 bits per heavy atom. The van der Waals surface area contributed by atoms with E-state index < -0.39 is 0 Å². The molecule has 0 heterocycles. The summed E-state index contributed by atoms with van der Waals surface area (Å²) in [5, 5.41) is 0.963. The first-order valence-corrected chi connectivity index (χ1v) is 6.00. The van der Waals surface area contributed by atoms with Crippen LogP contribution in [-0.2, 0) is 0 Å². The number of hydrogen-bond donors (Lipinski definition) is 0. The van der Waals surface area contributed by atoms with Crippen LogP contribution in [0.5, 0.6) is 0 Å². The van der Waals surface area contributed by atoms with Gasteiger partial charge in [-0.2, -0.15) is 0 Å². The second kappa shape index (κ2) is 4.61. The van der Waals surface area contributed by atoms with E-state index in [1.54, 1.807) is 0 Å². The van der Waals surface area contributed by atoms with Crippen molar-refractivity contribution in [3.63, 3.8) is 0 Å². The molecule has 1 heteroatoms. The summed E-state index contributed by atoms with van der Waals surface area (Å²) in [6.07, 6.45) is 7.95. The van der Waals surface area contributed by atoms with Crippen molar-refractivity contribution in [1.82, 2.24) is 0 Å². The highest BCUT2D eigenvalue weighted by Crippen LogP contribution is 2.26. The van der Waals surface area contributed by atoms with Crippen molar-refractivity contribution >= 4 is 15.9 Å². The molecule has 72 valence electrons. The monoisotopic (exact) mass is 248 g/mol. The smallest absolute Gasteiger partial charge is 0.0279 e. The third-order valence-electron chi connectivity index (χ3n) is 2.56. The molecule has 14 heavy (non-hydrogen) atoms. The zero-order valence-electron chi connectivity index (χ0n) is 7.99. The minimum Gasteiger partial charge on any atom is -0.0876 e. The van der Waals surface area contributed by atoms with Gasteiger partial charge in [-0.15, -0.1) is 0 Å². The van der Waals surface area contributed by atoms with Gasteiger partial charge >= 0.3 is 0 Å². The van der Waals surface area contributed by atoms with Gasteiger partial charge in [0.1, 0.15) is 0 Å². The summed E-state index contributed by atoms with van der Waals surface area (Å²) in [4.78, 5) is 0. The van der Waals surface area contributed by atoms with Gasteiger partial charge in [0, 0.05) is 11.2 Å². The third kappa shape index (κ3) is 2.16. The lowest BCUT2D eigenvalue weighted by molar-refractivity contribution is 0.846. The Morgan fingerprint density at radius 1 is 1.21 bits per heavy atom. The van der Waals surface area contributed by atoms with Gasteiger partial charge in [0.15, 0.2) is 0 Å².